The summed E-state index contributed by atoms with van der Waals surface area (Å²) in [4.78, 5) is 25.3. The number of carbonyl (C=O) groups is 2. The number of amides is 1. The largest absolute Gasteiger partial charge is 0.484 e. The van der Waals surface area contributed by atoms with E-state index in [0.29, 0.717) is 37.2 Å². The Morgan fingerprint density at radius 1 is 1.42 bits per heavy atom. The molecule has 1 fully saturated rings. The summed E-state index contributed by atoms with van der Waals surface area (Å²) in [7, 11) is 1.36. The second kappa shape index (κ2) is 4.26. The topological polar surface area (TPSA) is 55.8 Å². The number of hydrogen-bond donors (Lipinski definition) is 0. The molecule has 0 radical (unpaired) electrons. The zero-order chi connectivity index (χ0) is 13.5. The Kier molecular flexibility index (Phi) is 2.69. The van der Waals surface area contributed by atoms with Crippen LogP contribution in [-0.4, -0.2) is 42.6 Å². The Bertz CT molecular complexity index is 542. The van der Waals surface area contributed by atoms with E-state index in [-0.39, 0.29) is 11.9 Å². The molecule has 0 bridgehead atoms. The third-order valence-corrected chi connectivity index (χ3v) is 3.75. The molecule has 1 aromatic rings. The molecule has 5 nitrogen and oxygen atoms in total. The second-order valence-corrected chi connectivity index (χ2v) is 5.02. The lowest BCUT2D eigenvalue weighted by atomic mass is 9.89. The molecule has 1 atom stereocenters. The number of fused-ring (bicyclic) bond motifs is 1. The minimum Gasteiger partial charge on any atom is -0.484 e. The number of rotatable bonds is 0. The summed E-state index contributed by atoms with van der Waals surface area (Å²) < 4.78 is 10.7. The van der Waals surface area contributed by atoms with Crippen molar-refractivity contribution in [1.82, 2.24) is 4.90 Å². The SMILES string of the molecule is COC(=O)N1CCC2(CC(=O)c3ccccc3O2)C1. The molecule has 2 aliphatic heterocycles. The van der Waals surface area contributed by atoms with Gasteiger partial charge in [-0.3, -0.25) is 4.79 Å². The van der Waals surface area contributed by atoms with E-state index >= 15 is 0 Å². The van der Waals surface area contributed by atoms with E-state index in [9.17, 15) is 9.59 Å². The van der Waals surface area contributed by atoms with Crippen LogP contribution in [0.25, 0.3) is 0 Å². The predicted molar refractivity (Wildman–Crippen MR) is 67.3 cm³/mol. The van der Waals surface area contributed by atoms with Crippen LogP contribution in [0.4, 0.5) is 4.79 Å². The maximum Gasteiger partial charge on any atom is 0.409 e. The van der Waals surface area contributed by atoms with Crippen LogP contribution in [-0.2, 0) is 4.74 Å². The van der Waals surface area contributed by atoms with Gasteiger partial charge in [0.1, 0.15) is 11.4 Å². The summed E-state index contributed by atoms with van der Waals surface area (Å²) in [6.45, 7) is 0.960. The highest BCUT2D eigenvalue weighted by Crippen LogP contribution is 2.38. The minimum absolute atomic E-state index is 0.0774. The first-order valence-corrected chi connectivity index (χ1v) is 6.28. The molecule has 1 spiro atoms. The van der Waals surface area contributed by atoms with Gasteiger partial charge in [-0.1, -0.05) is 12.1 Å². The molecule has 3 rings (SSSR count). The van der Waals surface area contributed by atoms with Crippen molar-refractivity contribution in [2.24, 2.45) is 0 Å². The molecule has 0 aliphatic carbocycles. The van der Waals surface area contributed by atoms with E-state index in [4.69, 9.17) is 9.47 Å². The first-order chi connectivity index (χ1) is 9.13. The number of methoxy groups -OCH3 is 1. The van der Waals surface area contributed by atoms with Crippen molar-refractivity contribution in [3.05, 3.63) is 29.8 Å². The van der Waals surface area contributed by atoms with Gasteiger partial charge in [0.05, 0.1) is 25.6 Å². The Balaban J connectivity index is 1.86. The first kappa shape index (κ1) is 12.0. The van der Waals surface area contributed by atoms with E-state index in [0.717, 1.165) is 0 Å². The summed E-state index contributed by atoms with van der Waals surface area (Å²) >= 11 is 0. The Morgan fingerprint density at radius 2 is 2.21 bits per heavy atom. The standard InChI is InChI=1S/C14H15NO4/c1-18-13(17)15-7-6-14(9-15)8-11(16)10-4-2-3-5-12(10)19-14/h2-5H,6-9H2,1H3. The van der Waals surface area contributed by atoms with Gasteiger partial charge in [0.2, 0.25) is 0 Å². The van der Waals surface area contributed by atoms with Gasteiger partial charge >= 0.3 is 6.09 Å². The van der Waals surface area contributed by atoms with Crippen LogP contribution in [0.1, 0.15) is 23.2 Å². The highest BCUT2D eigenvalue weighted by atomic mass is 16.5. The van der Waals surface area contributed by atoms with Crippen molar-refractivity contribution in [3.8, 4) is 5.75 Å². The lowest BCUT2D eigenvalue weighted by Gasteiger charge is -2.34. The molecule has 1 aromatic carbocycles. The molecular weight excluding hydrogens is 246 g/mol. The van der Waals surface area contributed by atoms with E-state index in [1.165, 1.54) is 7.11 Å². The van der Waals surface area contributed by atoms with Gasteiger partial charge in [0.25, 0.3) is 0 Å². The number of Topliss-reactive ketones (excluding diaryl/α,β-unsaturated/α-hetero) is 1. The summed E-state index contributed by atoms with van der Waals surface area (Å²) in [5.41, 5.74) is 0.0456. The molecule has 2 heterocycles. The zero-order valence-electron chi connectivity index (χ0n) is 10.7. The van der Waals surface area contributed by atoms with Gasteiger partial charge in [0, 0.05) is 13.0 Å². The molecule has 5 heteroatoms. The van der Waals surface area contributed by atoms with Gasteiger partial charge < -0.3 is 14.4 Å². The predicted octanol–water partition coefficient (Wildman–Crippen LogP) is 1.86. The van der Waals surface area contributed by atoms with Crippen LogP contribution >= 0.6 is 0 Å². The molecule has 0 N–H and O–H groups in total. The molecular formula is C14H15NO4. The molecule has 1 saturated heterocycles. The van der Waals surface area contributed by atoms with Gasteiger partial charge in [-0.2, -0.15) is 0 Å². The highest BCUT2D eigenvalue weighted by Gasteiger charge is 2.47. The van der Waals surface area contributed by atoms with E-state index in [1.54, 1.807) is 17.0 Å². The van der Waals surface area contributed by atoms with Crippen LogP contribution in [0.3, 0.4) is 0 Å². The molecule has 0 saturated carbocycles. The summed E-state index contributed by atoms with van der Waals surface area (Å²) in [6.07, 6.45) is 0.603. The molecule has 2 aliphatic rings. The number of para-hydroxylation sites is 1. The molecule has 1 amide bonds. The molecule has 0 aromatic heterocycles. The fourth-order valence-electron chi connectivity index (χ4n) is 2.80. The zero-order valence-corrected chi connectivity index (χ0v) is 10.7. The van der Waals surface area contributed by atoms with Crippen molar-refractivity contribution in [2.75, 3.05) is 20.2 Å². The lowest BCUT2D eigenvalue weighted by molar-refractivity contribution is 0.0446. The number of ketones is 1. The van der Waals surface area contributed by atoms with Crippen LogP contribution in [0.2, 0.25) is 0 Å². The maximum atomic E-state index is 12.2. The van der Waals surface area contributed by atoms with Gasteiger partial charge in [0.15, 0.2) is 5.78 Å². The summed E-state index contributed by atoms with van der Waals surface area (Å²) in [5, 5.41) is 0. The van der Waals surface area contributed by atoms with Gasteiger partial charge in [-0.25, -0.2) is 4.79 Å². The number of benzene rings is 1. The van der Waals surface area contributed by atoms with Crippen LogP contribution in [0, 0.1) is 0 Å². The van der Waals surface area contributed by atoms with Crippen LogP contribution < -0.4 is 4.74 Å². The fraction of sp³-hybridized carbons (Fsp3) is 0.429. The summed E-state index contributed by atoms with van der Waals surface area (Å²) in [5.74, 6) is 0.694. The number of carbonyl (C=O) groups excluding carboxylic acids is 2. The van der Waals surface area contributed by atoms with E-state index < -0.39 is 5.60 Å². The fourth-order valence-corrected chi connectivity index (χ4v) is 2.80. The Hall–Kier alpha value is -2.04. The third-order valence-electron chi connectivity index (χ3n) is 3.75. The second-order valence-electron chi connectivity index (χ2n) is 5.02. The van der Waals surface area contributed by atoms with Crippen molar-refractivity contribution in [3.63, 3.8) is 0 Å². The van der Waals surface area contributed by atoms with E-state index in [2.05, 4.69) is 0 Å². The monoisotopic (exact) mass is 261 g/mol. The molecule has 19 heavy (non-hydrogen) atoms. The van der Waals surface area contributed by atoms with Crippen molar-refractivity contribution in [1.29, 1.82) is 0 Å². The average molecular weight is 261 g/mol. The summed E-state index contributed by atoms with van der Waals surface area (Å²) in [6, 6.07) is 7.25. The number of ether oxygens (including phenoxy) is 2. The normalized spacial score (nSPS) is 25.1. The van der Waals surface area contributed by atoms with E-state index in [1.807, 2.05) is 12.1 Å². The molecule has 1 unspecified atom stereocenters. The van der Waals surface area contributed by atoms with Crippen LogP contribution in [0.15, 0.2) is 24.3 Å². The Morgan fingerprint density at radius 3 is 3.00 bits per heavy atom. The number of hydrogen-bond acceptors (Lipinski definition) is 4. The molecule has 100 valence electrons. The number of nitrogens with zero attached hydrogens (tertiary/aromatic N) is 1. The van der Waals surface area contributed by atoms with Gasteiger partial charge in [-0.15, -0.1) is 0 Å². The first-order valence-electron chi connectivity index (χ1n) is 6.28. The smallest absolute Gasteiger partial charge is 0.409 e. The third kappa shape index (κ3) is 1.95. The van der Waals surface area contributed by atoms with Crippen molar-refractivity contribution >= 4 is 11.9 Å². The Labute approximate surface area is 111 Å². The maximum absolute atomic E-state index is 12.2. The minimum atomic E-state index is -0.584. The number of likely N-dealkylation sites (tertiary alicyclic amines) is 1. The quantitative estimate of drug-likeness (QED) is 0.715. The van der Waals surface area contributed by atoms with Crippen LogP contribution in [0.5, 0.6) is 5.75 Å². The van der Waals surface area contributed by atoms with Gasteiger partial charge in [-0.05, 0) is 12.1 Å². The van der Waals surface area contributed by atoms with Crippen molar-refractivity contribution < 1.29 is 19.1 Å². The highest BCUT2D eigenvalue weighted by molar-refractivity contribution is 6.00. The average Bonchev–Trinajstić information content (AvgIpc) is 2.81. The lowest BCUT2D eigenvalue weighted by Crippen LogP contribution is -2.45. The van der Waals surface area contributed by atoms with Crippen molar-refractivity contribution in [2.45, 2.75) is 18.4 Å².